The van der Waals surface area contributed by atoms with E-state index in [0.29, 0.717) is 19.0 Å². The molecule has 0 spiro atoms. The van der Waals surface area contributed by atoms with Gasteiger partial charge in [0.25, 0.3) is 0 Å². The second-order valence-corrected chi connectivity index (χ2v) is 7.32. The van der Waals surface area contributed by atoms with Crippen molar-refractivity contribution in [3.8, 4) is 0 Å². The predicted octanol–water partition coefficient (Wildman–Crippen LogP) is 1.04. The van der Waals surface area contributed by atoms with Crippen molar-refractivity contribution < 1.29 is 8.42 Å². The van der Waals surface area contributed by atoms with Gasteiger partial charge in [-0.3, -0.25) is 0 Å². The molecule has 0 bridgehead atoms. The van der Waals surface area contributed by atoms with E-state index < -0.39 is 10.0 Å². The molecule has 3 unspecified atom stereocenters. The zero-order valence-electron chi connectivity index (χ0n) is 10.7. The Morgan fingerprint density at radius 3 is 2.56 bits per heavy atom. The molecule has 0 aromatic heterocycles. The van der Waals surface area contributed by atoms with Gasteiger partial charge in [-0.1, -0.05) is 6.92 Å². The van der Waals surface area contributed by atoms with E-state index in [0.717, 1.165) is 12.8 Å². The molecule has 1 rings (SSSR count). The van der Waals surface area contributed by atoms with Crippen molar-refractivity contribution in [2.45, 2.75) is 44.9 Å². The van der Waals surface area contributed by atoms with Gasteiger partial charge in [0.05, 0.1) is 5.25 Å². The second-order valence-electron chi connectivity index (χ2n) is 5.01. The summed E-state index contributed by atoms with van der Waals surface area (Å²) < 4.78 is 26.3. The maximum Gasteiger partial charge on any atom is 0.218 e. The highest BCUT2D eigenvalue weighted by Crippen LogP contribution is 2.25. The molecule has 1 aliphatic rings. The summed E-state index contributed by atoms with van der Waals surface area (Å²) in [6.45, 7) is 7.10. The zero-order chi connectivity index (χ0) is 12.3. The largest absolute Gasteiger partial charge is 0.318 e. The van der Waals surface area contributed by atoms with Crippen LogP contribution in [0.2, 0.25) is 0 Å². The summed E-state index contributed by atoms with van der Waals surface area (Å²) in [5.74, 6) is 0.479. The van der Waals surface area contributed by atoms with Crippen LogP contribution >= 0.6 is 0 Å². The van der Waals surface area contributed by atoms with Crippen LogP contribution in [0.5, 0.6) is 0 Å². The average molecular weight is 248 g/mol. The Kier molecular flexibility index (Phi) is 4.76. The van der Waals surface area contributed by atoms with E-state index >= 15 is 0 Å². The van der Waals surface area contributed by atoms with Crippen LogP contribution < -0.4 is 5.32 Å². The van der Waals surface area contributed by atoms with Gasteiger partial charge in [-0.25, -0.2) is 8.42 Å². The fraction of sp³-hybridized carbons (Fsp3) is 1.00. The third kappa shape index (κ3) is 2.96. The van der Waals surface area contributed by atoms with Crippen LogP contribution in [0.3, 0.4) is 0 Å². The van der Waals surface area contributed by atoms with Crippen LogP contribution in [-0.4, -0.2) is 44.2 Å². The highest BCUT2D eigenvalue weighted by Gasteiger charge is 2.35. The normalized spacial score (nSPS) is 30.2. The molecular weight excluding hydrogens is 224 g/mol. The van der Waals surface area contributed by atoms with Gasteiger partial charge in [-0.15, -0.1) is 0 Å². The highest BCUT2D eigenvalue weighted by atomic mass is 32.2. The van der Waals surface area contributed by atoms with E-state index in [4.69, 9.17) is 0 Å². The first-order valence-corrected chi connectivity index (χ1v) is 7.55. The van der Waals surface area contributed by atoms with Crippen LogP contribution in [0.15, 0.2) is 0 Å². The third-order valence-corrected chi connectivity index (χ3v) is 5.73. The minimum Gasteiger partial charge on any atom is -0.318 e. The van der Waals surface area contributed by atoms with Gasteiger partial charge in [0.2, 0.25) is 10.0 Å². The SMILES string of the molecule is CNCC(C)S(=O)(=O)N1CC(C)CCC1C. The number of rotatable bonds is 4. The number of nitrogens with one attached hydrogen (secondary N) is 1. The van der Waals surface area contributed by atoms with E-state index in [1.54, 1.807) is 18.3 Å². The molecule has 1 saturated heterocycles. The molecule has 1 fully saturated rings. The molecule has 0 aromatic carbocycles. The summed E-state index contributed by atoms with van der Waals surface area (Å²) >= 11 is 0. The Morgan fingerprint density at radius 2 is 2.00 bits per heavy atom. The molecule has 0 saturated carbocycles. The van der Waals surface area contributed by atoms with Crippen molar-refractivity contribution in [2.75, 3.05) is 20.1 Å². The third-order valence-electron chi connectivity index (χ3n) is 3.39. The first kappa shape index (κ1) is 13.9. The second kappa shape index (κ2) is 5.47. The lowest BCUT2D eigenvalue weighted by molar-refractivity contribution is 0.216. The van der Waals surface area contributed by atoms with Gasteiger partial charge in [0.15, 0.2) is 0 Å². The van der Waals surface area contributed by atoms with E-state index in [9.17, 15) is 8.42 Å². The molecule has 16 heavy (non-hydrogen) atoms. The van der Waals surface area contributed by atoms with Gasteiger partial charge >= 0.3 is 0 Å². The molecule has 1 heterocycles. The van der Waals surface area contributed by atoms with Crippen LogP contribution in [0.1, 0.15) is 33.6 Å². The van der Waals surface area contributed by atoms with E-state index in [1.807, 2.05) is 6.92 Å². The summed E-state index contributed by atoms with van der Waals surface area (Å²) in [6.07, 6.45) is 2.11. The van der Waals surface area contributed by atoms with Crippen molar-refractivity contribution in [3.63, 3.8) is 0 Å². The molecule has 1 aliphatic heterocycles. The fourth-order valence-corrected chi connectivity index (χ4v) is 4.14. The number of sulfonamides is 1. The molecule has 0 aliphatic carbocycles. The standard InChI is InChI=1S/C11H24N2O2S/c1-9-5-6-10(2)13(8-9)16(14,15)11(3)7-12-4/h9-12H,5-8H2,1-4H3. The Labute approximate surface area is 99.5 Å². The van der Waals surface area contributed by atoms with Gasteiger partial charge in [-0.2, -0.15) is 4.31 Å². The molecule has 3 atom stereocenters. The number of hydrogen-bond donors (Lipinski definition) is 1. The Morgan fingerprint density at radius 1 is 1.38 bits per heavy atom. The minimum absolute atomic E-state index is 0.153. The maximum absolute atomic E-state index is 12.3. The highest BCUT2D eigenvalue weighted by molar-refractivity contribution is 7.89. The summed E-state index contributed by atoms with van der Waals surface area (Å²) in [7, 11) is -1.35. The Balaban J connectivity index is 2.80. The summed E-state index contributed by atoms with van der Waals surface area (Å²) in [5.41, 5.74) is 0. The van der Waals surface area contributed by atoms with Gasteiger partial charge in [0, 0.05) is 19.1 Å². The van der Waals surface area contributed by atoms with Gasteiger partial charge < -0.3 is 5.32 Å². The van der Waals surface area contributed by atoms with Crippen LogP contribution in [-0.2, 0) is 10.0 Å². The fourth-order valence-electron chi connectivity index (χ4n) is 2.23. The minimum atomic E-state index is -3.14. The zero-order valence-corrected chi connectivity index (χ0v) is 11.5. The first-order valence-electron chi connectivity index (χ1n) is 6.04. The van der Waals surface area contributed by atoms with Crippen LogP contribution in [0, 0.1) is 5.92 Å². The Bertz CT molecular complexity index is 316. The van der Waals surface area contributed by atoms with Gasteiger partial charge in [0.1, 0.15) is 0 Å². The molecular formula is C11H24N2O2S. The topological polar surface area (TPSA) is 49.4 Å². The van der Waals surface area contributed by atoms with Crippen molar-refractivity contribution in [1.82, 2.24) is 9.62 Å². The average Bonchev–Trinajstić information content (AvgIpc) is 2.22. The van der Waals surface area contributed by atoms with Crippen molar-refractivity contribution in [2.24, 2.45) is 5.92 Å². The summed E-state index contributed by atoms with van der Waals surface area (Å²) in [6, 6.07) is 0.153. The predicted molar refractivity (Wildman–Crippen MR) is 66.9 cm³/mol. The lowest BCUT2D eigenvalue weighted by Gasteiger charge is -2.37. The lowest BCUT2D eigenvalue weighted by atomic mass is 9.97. The van der Waals surface area contributed by atoms with Crippen molar-refractivity contribution in [3.05, 3.63) is 0 Å². The summed E-state index contributed by atoms with van der Waals surface area (Å²) in [5, 5.41) is 2.59. The molecule has 4 nitrogen and oxygen atoms in total. The molecule has 0 radical (unpaired) electrons. The molecule has 0 amide bonds. The number of nitrogens with zero attached hydrogens (tertiary/aromatic N) is 1. The molecule has 1 N–H and O–H groups in total. The maximum atomic E-state index is 12.3. The van der Waals surface area contributed by atoms with E-state index in [2.05, 4.69) is 12.2 Å². The summed E-state index contributed by atoms with van der Waals surface area (Å²) in [4.78, 5) is 0. The lowest BCUT2D eigenvalue weighted by Crippen LogP contribution is -2.49. The number of hydrogen-bond acceptors (Lipinski definition) is 3. The quantitative estimate of drug-likeness (QED) is 0.809. The molecule has 5 heteroatoms. The van der Waals surface area contributed by atoms with E-state index in [-0.39, 0.29) is 11.3 Å². The smallest absolute Gasteiger partial charge is 0.218 e. The first-order chi connectivity index (χ1) is 7.39. The van der Waals surface area contributed by atoms with E-state index in [1.165, 1.54) is 0 Å². The monoisotopic (exact) mass is 248 g/mol. The van der Waals surface area contributed by atoms with Crippen LogP contribution in [0.4, 0.5) is 0 Å². The molecule has 96 valence electrons. The van der Waals surface area contributed by atoms with Crippen molar-refractivity contribution >= 4 is 10.0 Å². The Hall–Kier alpha value is -0.130. The van der Waals surface area contributed by atoms with Crippen LogP contribution in [0.25, 0.3) is 0 Å². The van der Waals surface area contributed by atoms with Gasteiger partial charge in [-0.05, 0) is 39.7 Å². The number of piperidine rings is 1. The molecule has 0 aromatic rings. The van der Waals surface area contributed by atoms with Crippen molar-refractivity contribution in [1.29, 1.82) is 0 Å².